The molecule has 0 saturated carbocycles. The zero-order valence-corrected chi connectivity index (χ0v) is 17.0. The van der Waals surface area contributed by atoms with Gasteiger partial charge < -0.3 is 4.74 Å². The molecule has 1 aliphatic rings. The van der Waals surface area contributed by atoms with Crippen LogP contribution in [-0.4, -0.2) is 24.5 Å². The number of nitrogens with zero attached hydrogens (tertiary/aromatic N) is 2. The van der Waals surface area contributed by atoms with Crippen LogP contribution in [-0.2, 0) is 16.0 Å². The van der Waals surface area contributed by atoms with Gasteiger partial charge in [-0.1, -0.05) is 25.1 Å². The first-order chi connectivity index (χ1) is 13.9. The number of aryl methyl sites for hydroxylation is 1. The summed E-state index contributed by atoms with van der Waals surface area (Å²) in [6.07, 6.45) is 2.23. The third-order valence-corrected chi connectivity index (χ3v) is 4.88. The van der Waals surface area contributed by atoms with E-state index in [0.717, 1.165) is 16.9 Å². The normalized spacial score (nSPS) is 15.3. The van der Waals surface area contributed by atoms with E-state index in [0.29, 0.717) is 21.5 Å². The van der Waals surface area contributed by atoms with Crippen molar-refractivity contribution < 1.29 is 19.1 Å². The lowest BCUT2D eigenvalue weighted by atomic mass is 10.1. The van der Waals surface area contributed by atoms with E-state index < -0.39 is 17.8 Å². The van der Waals surface area contributed by atoms with Crippen LogP contribution in [0, 0.1) is 11.3 Å². The zero-order valence-electron chi connectivity index (χ0n) is 15.4. The number of hydrogen-bond acceptors (Lipinski definition) is 5. The van der Waals surface area contributed by atoms with Crippen LogP contribution < -0.4 is 15.0 Å². The average Bonchev–Trinajstić information content (AvgIpc) is 2.71. The molecule has 0 spiro atoms. The maximum Gasteiger partial charge on any atom is 0.335 e. The van der Waals surface area contributed by atoms with Crippen molar-refractivity contribution in [3.63, 3.8) is 0 Å². The van der Waals surface area contributed by atoms with Gasteiger partial charge in [-0.25, -0.2) is 9.69 Å². The van der Waals surface area contributed by atoms with E-state index in [9.17, 15) is 14.4 Å². The number of carbonyl (C=O) groups is 3. The van der Waals surface area contributed by atoms with Crippen LogP contribution in [0.4, 0.5) is 10.5 Å². The quantitative estimate of drug-likeness (QED) is 0.550. The molecule has 8 heteroatoms. The van der Waals surface area contributed by atoms with Gasteiger partial charge >= 0.3 is 6.03 Å². The fourth-order valence-electron chi connectivity index (χ4n) is 2.77. The first kappa shape index (κ1) is 20.3. The Bertz CT molecular complexity index is 1050. The summed E-state index contributed by atoms with van der Waals surface area (Å²) >= 11 is 3.33. The van der Waals surface area contributed by atoms with E-state index >= 15 is 0 Å². The van der Waals surface area contributed by atoms with E-state index in [2.05, 4.69) is 21.2 Å². The van der Waals surface area contributed by atoms with Gasteiger partial charge in [-0.2, -0.15) is 5.26 Å². The van der Waals surface area contributed by atoms with Gasteiger partial charge in [0.15, 0.2) is 6.61 Å². The summed E-state index contributed by atoms with van der Waals surface area (Å²) in [7, 11) is 0. The number of hydrogen-bond donors (Lipinski definition) is 1. The molecular formula is C21H16BrN3O4. The number of ether oxygens (including phenoxy) is 1. The summed E-state index contributed by atoms with van der Waals surface area (Å²) in [6, 6.07) is 13.0. The van der Waals surface area contributed by atoms with Crippen molar-refractivity contribution in [3.05, 3.63) is 63.6 Å². The third-order valence-electron chi connectivity index (χ3n) is 4.26. The minimum Gasteiger partial charge on any atom is -0.478 e. The van der Waals surface area contributed by atoms with Crippen molar-refractivity contribution in [3.8, 4) is 11.8 Å². The summed E-state index contributed by atoms with van der Waals surface area (Å²) in [5.41, 5.74) is 1.83. The number of barbiturate groups is 1. The van der Waals surface area contributed by atoms with E-state index in [4.69, 9.17) is 10.00 Å². The van der Waals surface area contributed by atoms with Crippen LogP contribution in [0.25, 0.3) is 6.08 Å². The predicted molar refractivity (Wildman–Crippen MR) is 110 cm³/mol. The highest BCUT2D eigenvalue weighted by atomic mass is 79.9. The highest BCUT2D eigenvalue weighted by molar-refractivity contribution is 9.10. The second-order valence-corrected chi connectivity index (χ2v) is 6.97. The van der Waals surface area contributed by atoms with Crippen LogP contribution in [0.1, 0.15) is 18.1 Å². The number of anilines is 1. The Kier molecular flexibility index (Phi) is 6.10. The molecule has 29 heavy (non-hydrogen) atoms. The SMILES string of the molecule is CCc1ccc(N2C(=O)NC(=O)/C(=C/c3ccc(OCC#N)c(Br)c3)C2=O)cc1. The maximum absolute atomic E-state index is 12.9. The summed E-state index contributed by atoms with van der Waals surface area (Å²) in [5, 5.41) is 10.8. The molecule has 1 saturated heterocycles. The standard InChI is InChI=1S/C21H16BrN3O4/c1-2-13-3-6-15(7-4-13)25-20(27)16(19(26)24-21(25)28)11-14-5-8-18(17(22)12-14)29-10-9-23/h3-8,11-12H,2,10H2,1H3,(H,24,26,28)/b16-11-. The molecular weight excluding hydrogens is 438 g/mol. The molecule has 146 valence electrons. The number of halogens is 1. The second-order valence-electron chi connectivity index (χ2n) is 6.11. The molecule has 7 nitrogen and oxygen atoms in total. The largest absolute Gasteiger partial charge is 0.478 e. The predicted octanol–water partition coefficient (Wildman–Crippen LogP) is 3.58. The number of urea groups is 1. The Morgan fingerprint density at radius 1 is 1.17 bits per heavy atom. The maximum atomic E-state index is 12.9. The molecule has 0 atom stereocenters. The molecule has 4 amide bonds. The van der Waals surface area contributed by atoms with Gasteiger partial charge in [-0.05, 0) is 63.8 Å². The number of rotatable bonds is 5. The molecule has 1 N–H and O–H groups in total. The molecule has 1 heterocycles. The lowest BCUT2D eigenvalue weighted by Crippen LogP contribution is -2.54. The molecule has 0 radical (unpaired) electrons. The molecule has 1 aliphatic heterocycles. The van der Waals surface area contributed by atoms with Gasteiger partial charge in [-0.3, -0.25) is 14.9 Å². The van der Waals surface area contributed by atoms with Gasteiger partial charge in [0.05, 0.1) is 10.2 Å². The van der Waals surface area contributed by atoms with Crippen LogP contribution >= 0.6 is 15.9 Å². The smallest absolute Gasteiger partial charge is 0.335 e. The minimum atomic E-state index is -0.789. The number of nitriles is 1. The van der Waals surface area contributed by atoms with E-state index in [1.807, 2.05) is 25.1 Å². The Morgan fingerprint density at radius 2 is 1.90 bits per heavy atom. The molecule has 0 bridgehead atoms. The van der Waals surface area contributed by atoms with Crippen molar-refractivity contribution in [1.82, 2.24) is 5.32 Å². The average molecular weight is 454 g/mol. The van der Waals surface area contributed by atoms with E-state index in [1.165, 1.54) is 6.08 Å². The Morgan fingerprint density at radius 3 is 2.52 bits per heavy atom. The monoisotopic (exact) mass is 453 g/mol. The highest BCUT2D eigenvalue weighted by Gasteiger charge is 2.36. The molecule has 0 aliphatic carbocycles. The number of amides is 4. The van der Waals surface area contributed by atoms with E-state index in [-0.39, 0.29) is 12.2 Å². The van der Waals surface area contributed by atoms with Crippen molar-refractivity contribution in [2.75, 3.05) is 11.5 Å². The fraction of sp³-hybridized carbons (Fsp3) is 0.143. The summed E-state index contributed by atoms with van der Waals surface area (Å²) in [5.74, 6) is -1.01. The number of benzene rings is 2. The summed E-state index contributed by atoms with van der Waals surface area (Å²) in [6.45, 7) is 1.90. The summed E-state index contributed by atoms with van der Waals surface area (Å²) < 4.78 is 5.82. The Balaban J connectivity index is 1.92. The zero-order chi connectivity index (χ0) is 21.0. The molecule has 2 aromatic carbocycles. The topological polar surface area (TPSA) is 99.5 Å². The van der Waals surface area contributed by atoms with Crippen LogP contribution in [0.15, 0.2) is 52.5 Å². The van der Waals surface area contributed by atoms with Gasteiger partial charge in [0.25, 0.3) is 11.8 Å². The van der Waals surface area contributed by atoms with Crippen molar-refractivity contribution in [2.45, 2.75) is 13.3 Å². The third kappa shape index (κ3) is 4.36. The van der Waals surface area contributed by atoms with Gasteiger partial charge in [-0.15, -0.1) is 0 Å². The molecule has 3 rings (SSSR count). The lowest BCUT2D eigenvalue weighted by molar-refractivity contribution is -0.122. The van der Waals surface area contributed by atoms with Gasteiger partial charge in [0.2, 0.25) is 0 Å². The van der Waals surface area contributed by atoms with Gasteiger partial charge in [0.1, 0.15) is 17.4 Å². The highest BCUT2D eigenvalue weighted by Crippen LogP contribution is 2.28. The number of nitrogens with one attached hydrogen (secondary N) is 1. The molecule has 1 fully saturated rings. The first-order valence-electron chi connectivity index (χ1n) is 8.74. The Hall–Kier alpha value is -3.44. The van der Waals surface area contributed by atoms with Crippen molar-refractivity contribution >= 4 is 45.5 Å². The number of carbonyl (C=O) groups excluding carboxylic acids is 3. The first-order valence-corrected chi connectivity index (χ1v) is 9.53. The number of imide groups is 2. The second kappa shape index (κ2) is 8.71. The molecule has 2 aromatic rings. The van der Waals surface area contributed by atoms with Crippen LogP contribution in [0.5, 0.6) is 5.75 Å². The van der Waals surface area contributed by atoms with E-state index in [1.54, 1.807) is 30.3 Å². The van der Waals surface area contributed by atoms with Crippen LogP contribution in [0.3, 0.4) is 0 Å². The lowest BCUT2D eigenvalue weighted by Gasteiger charge is -2.26. The fourth-order valence-corrected chi connectivity index (χ4v) is 3.28. The van der Waals surface area contributed by atoms with Crippen molar-refractivity contribution in [2.24, 2.45) is 0 Å². The Labute approximate surface area is 175 Å². The van der Waals surface area contributed by atoms with Gasteiger partial charge in [0, 0.05) is 0 Å². The molecule has 0 aromatic heterocycles. The minimum absolute atomic E-state index is 0.103. The van der Waals surface area contributed by atoms with Crippen molar-refractivity contribution in [1.29, 1.82) is 5.26 Å². The summed E-state index contributed by atoms with van der Waals surface area (Å²) in [4.78, 5) is 38.4. The molecule has 0 unspecified atom stereocenters. The van der Waals surface area contributed by atoms with Crippen LogP contribution in [0.2, 0.25) is 0 Å².